The fourth-order valence-corrected chi connectivity index (χ4v) is 6.68. The molecule has 0 aromatic heterocycles. The van der Waals surface area contributed by atoms with E-state index in [1.165, 1.54) is 7.11 Å². The van der Waals surface area contributed by atoms with Crippen LogP contribution in [-0.2, 0) is 35.1 Å². The fraction of sp³-hybridized carbons (Fsp3) is 0.647. The SMILES string of the molecule is COC(=O)[C@]12C[C@H](CC(=O)NCCCN3CCCC3=O)C(=O)N(CCc3ccc(OC)c(OC)c3)C1=C[C@H](C(C)(C)C)O[C@@H]2C. The predicted molar refractivity (Wildman–Crippen MR) is 167 cm³/mol. The summed E-state index contributed by atoms with van der Waals surface area (Å²) in [6, 6.07) is 5.62. The average molecular weight is 628 g/mol. The number of carbonyl (C=O) groups excluding carboxylic acids is 4. The lowest BCUT2D eigenvalue weighted by Crippen LogP contribution is -2.61. The summed E-state index contributed by atoms with van der Waals surface area (Å²) in [6.07, 6.45) is 3.54. The van der Waals surface area contributed by atoms with E-state index in [9.17, 15) is 19.2 Å². The minimum atomic E-state index is -1.26. The Morgan fingerprint density at radius 1 is 1.09 bits per heavy atom. The van der Waals surface area contributed by atoms with Crippen LogP contribution in [0.15, 0.2) is 30.0 Å². The highest BCUT2D eigenvalue weighted by atomic mass is 16.5. The molecule has 3 heterocycles. The molecule has 0 spiro atoms. The third kappa shape index (κ3) is 7.29. The van der Waals surface area contributed by atoms with E-state index < -0.39 is 23.4 Å². The summed E-state index contributed by atoms with van der Waals surface area (Å²) in [5, 5.41) is 2.92. The number of fused-ring (bicyclic) bond motifs is 1. The van der Waals surface area contributed by atoms with Crippen LogP contribution in [0.4, 0.5) is 0 Å². The molecule has 45 heavy (non-hydrogen) atoms. The Kier molecular flexibility index (Phi) is 10.8. The van der Waals surface area contributed by atoms with E-state index in [0.29, 0.717) is 49.5 Å². The van der Waals surface area contributed by atoms with Gasteiger partial charge < -0.3 is 34.1 Å². The van der Waals surface area contributed by atoms with E-state index in [0.717, 1.165) is 18.5 Å². The van der Waals surface area contributed by atoms with E-state index in [1.807, 2.05) is 36.1 Å². The maximum absolute atomic E-state index is 14.2. The summed E-state index contributed by atoms with van der Waals surface area (Å²) in [6.45, 7) is 10.0. The van der Waals surface area contributed by atoms with Crippen LogP contribution in [0.3, 0.4) is 0 Å². The second-order valence-electron chi connectivity index (χ2n) is 13.3. The summed E-state index contributed by atoms with van der Waals surface area (Å²) < 4.78 is 22.7. The van der Waals surface area contributed by atoms with Gasteiger partial charge in [0.2, 0.25) is 17.7 Å². The number of methoxy groups -OCH3 is 3. The van der Waals surface area contributed by atoms with Crippen molar-refractivity contribution in [3.8, 4) is 11.5 Å². The molecule has 3 aliphatic rings. The van der Waals surface area contributed by atoms with Crippen LogP contribution in [0.1, 0.15) is 65.4 Å². The first kappa shape index (κ1) is 34.3. The molecule has 0 unspecified atom stereocenters. The largest absolute Gasteiger partial charge is 0.493 e. The van der Waals surface area contributed by atoms with E-state index in [4.69, 9.17) is 18.9 Å². The third-order valence-corrected chi connectivity index (χ3v) is 9.29. The Hall–Kier alpha value is -3.60. The normalized spacial score (nSPS) is 25.0. The van der Waals surface area contributed by atoms with Gasteiger partial charge in [-0.3, -0.25) is 19.2 Å². The number of hydrogen-bond donors (Lipinski definition) is 1. The molecule has 0 bridgehead atoms. The van der Waals surface area contributed by atoms with Crippen LogP contribution < -0.4 is 14.8 Å². The number of esters is 1. The smallest absolute Gasteiger partial charge is 0.320 e. The third-order valence-electron chi connectivity index (χ3n) is 9.29. The first-order valence-corrected chi connectivity index (χ1v) is 15.9. The van der Waals surface area contributed by atoms with Crippen molar-refractivity contribution >= 4 is 23.7 Å². The van der Waals surface area contributed by atoms with Gasteiger partial charge in [-0.05, 0) is 61.8 Å². The fourth-order valence-electron chi connectivity index (χ4n) is 6.68. The Morgan fingerprint density at radius 2 is 1.82 bits per heavy atom. The molecular formula is C34H49N3O8. The first-order chi connectivity index (χ1) is 21.3. The number of rotatable bonds is 12. The maximum Gasteiger partial charge on any atom is 0.320 e. The molecule has 2 fully saturated rings. The van der Waals surface area contributed by atoms with E-state index in [2.05, 4.69) is 26.1 Å². The van der Waals surface area contributed by atoms with Gasteiger partial charge in [-0.1, -0.05) is 26.8 Å². The van der Waals surface area contributed by atoms with Crippen molar-refractivity contribution in [2.75, 3.05) is 47.5 Å². The summed E-state index contributed by atoms with van der Waals surface area (Å²) in [7, 11) is 4.49. The molecule has 4 atom stereocenters. The summed E-state index contributed by atoms with van der Waals surface area (Å²) in [5.74, 6) is -0.392. The molecule has 1 N–H and O–H groups in total. The molecule has 4 rings (SSSR count). The number of ether oxygens (including phenoxy) is 4. The van der Waals surface area contributed by atoms with E-state index >= 15 is 0 Å². The van der Waals surface area contributed by atoms with Crippen LogP contribution in [0.2, 0.25) is 0 Å². The topological polar surface area (TPSA) is 124 Å². The Labute approximate surface area is 266 Å². The average Bonchev–Trinajstić information content (AvgIpc) is 3.42. The lowest BCUT2D eigenvalue weighted by molar-refractivity contribution is -0.180. The van der Waals surface area contributed by atoms with Crippen LogP contribution in [0.5, 0.6) is 11.5 Å². The molecule has 0 aliphatic carbocycles. The molecule has 0 saturated carbocycles. The zero-order valence-corrected chi connectivity index (χ0v) is 27.8. The Morgan fingerprint density at radius 3 is 2.44 bits per heavy atom. The Bertz CT molecular complexity index is 1300. The molecule has 2 saturated heterocycles. The van der Waals surface area contributed by atoms with Gasteiger partial charge >= 0.3 is 5.97 Å². The van der Waals surface area contributed by atoms with Gasteiger partial charge in [0.05, 0.1) is 33.5 Å². The monoisotopic (exact) mass is 627 g/mol. The van der Waals surface area contributed by atoms with Crippen LogP contribution in [0.25, 0.3) is 0 Å². The zero-order chi connectivity index (χ0) is 32.9. The number of piperidine rings is 1. The highest BCUT2D eigenvalue weighted by Crippen LogP contribution is 2.51. The van der Waals surface area contributed by atoms with Gasteiger partial charge in [0.25, 0.3) is 0 Å². The van der Waals surface area contributed by atoms with Gasteiger partial charge in [0.1, 0.15) is 5.41 Å². The quantitative estimate of drug-likeness (QED) is 0.276. The minimum Gasteiger partial charge on any atom is -0.493 e. The van der Waals surface area contributed by atoms with E-state index in [-0.39, 0.29) is 48.6 Å². The van der Waals surface area contributed by atoms with Crippen molar-refractivity contribution in [2.45, 2.75) is 78.4 Å². The molecule has 3 aliphatic heterocycles. The number of amides is 3. The summed E-state index contributed by atoms with van der Waals surface area (Å²) in [5.41, 5.74) is -0.0554. The summed E-state index contributed by atoms with van der Waals surface area (Å²) >= 11 is 0. The molecule has 11 heteroatoms. The van der Waals surface area contributed by atoms with Gasteiger partial charge in [0, 0.05) is 50.6 Å². The number of hydrogen-bond acceptors (Lipinski definition) is 8. The predicted octanol–water partition coefficient (Wildman–Crippen LogP) is 3.49. The number of carbonyl (C=O) groups is 4. The van der Waals surface area contributed by atoms with Crippen molar-refractivity contribution < 1.29 is 38.1 Å². The Balaban J connectivity index is 1.60. The van der Waals surface area contributed by atoms with Crippen LogP contribution in [-0.4, -0.2) is 93.2 Å². The van der Waals surface area contributed by atoms with Crippen molar-refractivity contribution in [1.29, 1.82) is 0 Å². The van der Waals surface area contributed by atoms with Gasteiger partial charge in [-0.15, -0.1) is 0 Å². The lowest BCUT2D eigenvalue weighted by atomic mass is 9.65. The maximum atomic E-state index is 14.2. The molecule has 1 aromatic carbocycles. The number of benzene rings is 1. The summed E-state index contributed by atoms with van der Waals surface area (Å²) in [4.78, 5) is 56.5. The molecule has 11 nitrogen and oxygen atoms in total. The lowest BCUT2D eigenvalue weighted by Gasteiger charge is -2.53. The van der Waals surface area contributed by atoms with Gasteiger partial charge in [0.15, 0.2) is 11.5 Å². The highest BCUT2D eigenvalue weighted by molar-refractivity contribution is 5.92. The number of nitrogens with zero attached hydrogens (tertiary/aromatic N) is 2. The van der Waals surface area contributed by atoms with Crippen LogP contribution >= 0.6 is 0 Å². The van der Waals surface area contributed by atoms with Gasteiger partial charge in [-0.2, -0.15) is 0 Å². The van der Waals surface area contributed by atoms with Crippen molar-refractivity contribution in [1.82, 2.24) is 15.1 Å². The molecule has 3 amide bonds. The van der Waals surface area contributed by atoms with Crippen molar-refractivity contribution in [2.24, 2.45) is 16.7 Å². The van der Waals surface area contributed by atoms with Crippen molar-refractivity contribution in [3.63, 3.8) is 0 Å². The number of nitrogens with one attached hydrogen (secondary N) is 1. The second kappa shape index (κ2) is 14.2. The molecular weight excluding hydrogens is 578 g/mol. The molecule has 0 radical (unpaired) electrons. The van der Waals surface area contributed by atoms with Crippen molar-refractivity contribution in [3.05, 3.63) is 35.5 Å². The van der Waals surface area contributed by atoms with Gasteiger partial charge in [-0.25, -0.2) is 0 Å². The molecule has 248 valence electrons. The standard InChI is InChI=1S/C34H49N3O8/c1-22-34(32(41)44-7)21-24(19-29(38)35-14-9-16-36-15-8-10-30(36)39)31(40)37(27(34)20-28(45-22)33(2,3)4)17-13-23-11-12-25(42-5)26(18-23)43-6/h11-12,18,20,22,24,28H,8-10,13-17,19,21H2,1-7H3,(H,35,38)/t22-,24+,28-,34+/m1/s1. The van der Waals surface area contributed by atoms with E-state index in [1.54, 1.807) is 19.1 Å². The second-order valence-corrected chi connectivity index (χ2v) is 13.3. The minimum absolute atomic E-state index is 0.0736. The van der Waals surface area contributed by atoms with Crippen LogP contribution in [0, 0.1) is 16.7 Å². The zero-order valence-electron chi connectivity index (χ0n) is 27.8. The first-order valence-electron chi connectivity index (χ1n) is 15.9. The number of likely N-dealkylation sites (tertiary alicyclic amines) is 2. The highest BCUT2D eigenvalue weighted by Gasteiger charge is 2.60. The molecule has 1 aromatic rings.